The maximum absolute atomic E-state index is 13.6. The van der Waals surface area contributed by atoms with Crippen molar-refractivity contribution in [2.45, 2.75) is 82.0 Å². The van der Waals surface area contributed by atoms with E-state index in [4.69, 9.17) is 0 Å². The minimum absolute atomic E-state index is 0.188. The second kappa shape index (κ2) is 9.18. The molecule has 0 saturated heterocycles. The van der Waals surface area contributed by atoms with Gasteiger partial charge in [-0.2, -0.15) is 17.5 Å². The highest BCUT2D eigenvalue weighted by Crippen LogP contribution is 2.38. The average molecular weight is 497 g/mol. The van der Waals surface area contributed by atoms with E-state index in [2.05, 4.69) is 14.5 Å². The molecule has 0 N–H and O–H groups in total. The molecule has 34 heavy (non-hydrogen) atoms. The summed E-state index contributed by atoms with van der Waals surface area (Å²) in [6, 6.07) is 7.34. The molecular weight excluding hydrogens is 465 g/mol. The van der Waals surface area contributed by atoms with Crippen LogP contribution in [0.4, 0.5) is 18.9 Å². The largest absolute Gasteiger partial charge is 0.511 e. The highest BCUT2D eigenvalue weighted by Gasteiger charge is 2.51. The highest BCUT2D eigenvalue weighted by molar-refractivity contribution is 7.89. The number of rotatable bonds is 7. The molecule has 10 heteroatoms. The summed E-state index contributed by atoms with van der Waals surface area (Å²) in [5, 5.41) is 0. The number of hydrogen-bond acceptors (Lipinski definition) is 4. The lowest BCUT2D eigenvalue weighted by molar-refractivity contribution is -0.0492. The Balaban J connectivity index is 1.48. The summed E-state index contributed by atoms with van der Waals surface area (Å²) >= 11 is 0. The van der Waals surface area contributed by atoms with E-state index in [9.17, 15) is 21.6 Å². The summed E-state index contributed by atoms with van der Waals surface area (Å²) in [5.41, 5.74) is -3.10. The zero-order valence-corrected chi connectivity index (χ0v) is 19.9. The van der Waals surface area contributed by atoms with E-state index in [1.54, 1.807) is 12.1 Å². The number of nitrogens with zero attached hydrogens (tertiary/aromatic N) is 4. The van der Waals surface area contributed by atoms with Gasteiger partial charge in [-0.05, 0) is 43.2 Å². The van der Waals surface area contributed by atoms with E-state index < -0.39 is 15.5 Å². The van der Waals surface area contributed by atoms with Gasteiger partial charge in [0.2, 0.25) is 0 Å². The minimum atomic E-state index is -5.44. The smallest absolute Gasteiger partial charge is 0.361 e. The summed E-state index contributed by atoms with van der Waals surface area (Å²) in [4.78, 5) is 6.66. The van der Waals surface area contributed by atoms with Crippen LogP contribution in [0.2, 0.25) is 0 Å². The molecule has 0 bridgehead atoms. The summed E-state index contributed by atoms with van der Waals surface area (Å²) < 4.78 is 68.4. The Bertz CT molecular complexity index is 1110. The van der Waals surface area contributed by atoms with Crippen molar-refractivity contribution < 1.29 is 21.6 Å². The molecule has 0 radical (unpaired) electrons. The lowest BCUT2D eigenvalue weighted by atomic mass is 9.97. The Morgan fingerprint density at radius 1 is 1.03 bits per heavy atom. The standard InChI is InChI=1S/C24H31F3N4O2S/c25-24(26,27)34(32,33)30-13-19-7-3-4-8-23(19)31(15-20-14-29(17-28-20)21-11-12-21)22(16-30)10-9-18-5-1-2-6-18/h3-4,7-8,14,17-18,21-22H,1-2,5-6,9-13,15-16H2/t22-/m1/s1. The van der Waals surface area contributed by atoms with Gasteiger partial charge in [0.05, 0.1) is 18.6 Å². The number of fused-ring (bicyclic) bond motifs is 1. The minimum Gasteiger partial charge on any atom is -0.361 e. The first kappa shape index (κ1) is 23.7. The predicted molar refractivity (Wildman–Crippen MR) is 123 cm³/mol. The average Bonchev–Trinajstić information content (AvgIpc) is 3.35. The fourth-order valence-electron chi connectivity index (χ4n) is 5.44. The maximum atomic E-state index is 13.6. The van der Waals surface area contributed by atoms with Crippen LogP contribution in [-0.2, 0) is 23.1 Å². The second-order valence-electron chi connectivity index (χ2n) is 9.92. The summed E-state index contributed by atoms with van der Waals surface area (Å²) in [7, 11) is -5.44. The van der Waals surface area contributed by atoms with Crippen LogP contribution in [0.15, 0.2) is 36.8 Å². The molecule has 2 fully saturated rings. The maximum Gasteiger partial charge on any atom is 0.511 e. The van der Waals surface area contributed by atoms with E-state index in [1.165, 1.54) is 12.8 Å². The Kier molecular flexibility index (Phi) is 6.39. The van der Waals surface area contributed by atoms with E-state index in [0.29, 0.717) is 34.8 Å². The molecule has 2 aromatic rings. The number of anilines is 1. The zero-order valence-electron chi connectivity index (χ0n) is 19.1. The van der Waals surface area contributed by atoms with Crippen molar-refractivity contribution >= 4 is 15.7 Å². The number of sulfonamides is 1. The number of para-hydroxylation sites is 1. The van der Waals surface area contributed by atoms with Crippen LogP contribution in [-0.4, -0.2) is 40.4 Å². The number of aromatic nitrogens is 2. The number of hydrogen-bond donors (Lipinski definition) is 0. The van der Waals surface area contributed by atoms with Gasteiger partial charge in [-0.3, -0.25) is 0 Å². The van der Waals surface area contributed by atoms with Gasteiger partial charge in [-0.15, -0.1) is 0 Å². The molecule has 0 spiro atoms. The molecule has 2 saturated carbocycles. The molecule has 0 amide bonds. The lowest BCUT2D eigenvalue weighted by Gasteiger charge is -2.34. The van der Waals surface area contributed by atoms with Crippen molar-refractivity contribution in [3.8, 4) is 0 Å². The van der Waals surface area contributed by atoms with E-state index in [1.807, 2.05) is 24.7 Å². The number of alkyl halides is 3. The quantitative estimate of drug-likeness (QED) is 0.527. The summed E-state index contributed by atoms with van der Waals surface area (Å²) in [5.74, 6) is 0.557. The first-order valence-electron chi connectivity index (χ1n) is 12.2. The molecule has 0 unspecified atom stereocenters. The van der Waals surface area contributed by atoms with Crippen LogP contribution in [0.5, 0.6) is 0 Å². The second-order valence-corrected chi connectivity index (χ2v) is 11.9. The van der Waals surface area contributed by atoms with Crippen LogP contribution in [0.25, 0.3) is 0 Å². The third-order valence-electron chi connectivity index (χ3n) is 7.47. The molecular formula is C24H31F3N4O2S. The van der Waals surface area contributed by atoms with Gasteiger partial charge in [0.1, 0.15) is 0 Å². The van der Waals surface area contributed by atoms with Gasteiger partial charge in [-0.1, -0.05) is 43.9 Å². The SMILES string of the molecule is O=S(=O)(N1Cc2ccccc2N(Cc2cn(C3CC3)cn2)[C@H](CCC2CCCC2)C1)C(F)(F)F. The third kappa shape index (κ3) is 4.84. The Morgan fingerprint density at radius 3 is 2.47 bits per heavy atom. The highest BCUT2D eigenvalue weighted by atomic mass is 32.2. The van der Waals surface area contributed by atoms with Crippen molar-refractivity contribution in [1.82, 2.24) is 13.9 Å². The van der Waals surface area contributed by atoms with Crippen molar-refractivity contribution in [1.29, 1.82) is 0 Å². The molecule has 5 rings (SSSR count). The molecule has 1 aromatic carbocycles. The Morgan fingerprint density at radius 2 is 1.76 bits per heavy atom. The molecule has 2 heterocycles. The Labute approximate surface area is 198 Å². The first-order chi connectivity index (χ1) is 16.2. The van der Waals surface area contributed by atoms with Gasteiger partial charge in [0, 0.05) is 37.1 Å². The van der Waals surface area contributed by atoms with Gasteiger partial charge in [-0.25, -0.2) is 13.4 Å². The third-order valence-corrected chi connectivity index (χ3v) is 9.02. The van der Waals surface area contributed by atoms with Gasteiger partial charge < -0.3 is 9.47 Å². The van der Waals surface area contributed by atoms with Crippen LogP contribution in [0.1, 0.15) is 68.7 Å². The zero-order chi connectivity index (χ0) is 23.9. The summed E-state index contributed by atoms with van der Waals surface area (Å²) in [6.45, 7) is -0.0382. The Hall–Kier alpha value is -2.07. The van der Waals surface area contributed by atoms with Gasteiger partial charge in [0.25, 0.3) is 0 Å². The predicted octanol–water partition coefficient (Wildman–Crippen LogP) is 5.23. The van der Waals surface area contributed by atoms with E-state index in [-0.39, 0.29) is 19.1 Å². The lowest BCUT2D eigenvalue weighted by Crippen LogP contribution is -2.47. The normalized spacial score (nSPS) is 22.7. The van der Waals surface area contributed by atoms with Crippen LogP contribution in [0, 0.1) is 5.92 Å². The molecule has 1 aromatic heterocycles. The van der Waals surface area contributed by atoms with Crippen LogP contribution < -0.4 is 4.90 Å². The molecule has 186 valence electrons. The van der Waals surface area contributed by atoms with Crippen LogP contribution in [0.3, 0.4) is 0 Å². The molecule has 1 atom stereocenters. The van der Waals surface area contributed by atoms with Crippen LogP contribution >= 0.6 is 0 Å². The van der Waals surface area contributed by atoms with Gasteiger partial charge >= 0.3 is 15.5 Å². The summed E-state index contributed by atoms with van der Waals surface area (Å²) in [6.07, 6.45) is 12.3. The first-order valence-corrected chi connectivity index (χ1v) is 13.6. The number of benzene rings is 1. The van der Waals surface area contributed by atoms with Crippen molar-refractivity contribution in [3.05, 3.63) is 48.0 Å². The van der Waals surface area contributed by atoms with Gasteiger partial charge in [0.15, 0.2) is 0 Å². The topological polar surface area (TPSA) is 58.4 Å². The molecule has 1 aliphatic heterocycles. The molecule has 3 aliphatic rings. The monoisotopic (exact) mass is 496 g/mol. The fourth-order valence-corrected chi connectivity index (χ4v) is 6.41. The number of imidazole rings is 1. The molecule has 6 nitrogen and oxygen atoms in total. The van der Waals surface area contributed by atoms with Crippen molar-refractivity contribution in [2.24, 2.45) is 5.92 Å². The fraction of sp³-hybridized carbons (Fsp3) is 0.625. The van der Waals surface area contributed by atoms with Crippen molar-refractivity contribution in [2.75, 3.05) is 11.4 Å². The number of halogens is 3. The van der Waals surface area contributed by atoms with E-state index >= 15 is 0 Å². The van der Waals surface area contributed by atoms with E-state index in [0.717, 1.165) is 43.5 Å². The van der Waals surface area contributed by atoms with Crippen molar-refractivity contribution in [3.63, 3.8) is 0 Å². The molecule has 2 aliphatic carbocycles.